The van der Waals surface area contributed by atoms with Gasteiger partial charge in [-0.2, -0.15) is 11.8 Å². The molecule has 1 unspecified atom stereocenters. The number of thioether (sulfide) groups is 1. The maximum absolute atomic E-state index is 11.7. The Labute approximate surface area is 114 Å². The van der Waals surface area contributed by atoms with Crippen LogP contribution in [0.25, 0.3) is 0 Å². The van der Waals surface area contributed by atoms with E-state index in [1.165, 1.54) is 0 Å². The number of benzene rings is 1. The van der Waals surface area contributed by atoms with E-state index in [9.17, 15) is 4.79 Å². The van der Waals surface area contributed by atoms with Gasteiger partial charge in [0.15, 0.2) is 5.78 Å². The molecule has 2 nitrogen and oxygen atoms in total. The van der Waals surface area contributed by atoms with Gasteiger partial charge >= 0.3 is 0 Å². The van der Waals surface area contributed by atoms with Gasteiger partial charge in [-0.15, -0.1) is 0 Å². The number of Topliss-reactive ketones (excluding diaryl/α,β-unsaturated/α-hetero) is 1. The van der Waals surface area contributed by atoms with Crippen molar-refractivity contribution in [2.45, 2.75) is 6.92 Å². The molecule has 0 aromatic heterocycles. The van der Waals surface area contributed by atoms with E-state index in [1.54, 1.807) is 11.8 Å². The van der Waals surface area contributed by atoms with Crippen LogP contribution in [0.4, 0.5) is 0 Å². The van der Waals surface area contributed by atoms with Gasteiger partial charge in [0.1, 0.15) is 0 Å². The zero-order chi connectivity index (χ0) is 12.0. The summed E-state index contributed by atoms with van der Waals surface area (Å²) in [6.45, 7) is 2.16. The summed E-state index contributed by atoms with van der Waals surface area (Å²) in [5.74, 6) is 1.73. The summed E-state index contributed by atoms with van der Waals surface area (Å²) >= 11 is 3.80. The van der Waals surface area contributed by atoms with Crippen LogP contribution >= 0.6 is 34.4 Å². The van der Waals surface area contributed by atoms with E-state index in [0.29, 0.717) is 5.75 Å². The first-order valence-electron chi connectivity index (χ1n) is 5.11. The van der Waals surface area contributed by atoms with Gasteiger partial charge in [-0.25, -0.2) is 0 Å². The van der Waals surface area contributed by atoms with Crippen LogP contribution in [0, 0.1) is 9.49 Å². The Kier molecular flexibility index (Phi) is 6.38. The van der Waals surface area contributed by atoms with Crippen LogP contribution in [0.15, 0.2) is 24.3 Å². The molecule has 0 bridgehead atoms. The van der Waals surface area contributed by atoms with Crippen molar-refractivity contribution < 1.29 is 9.90 Å². The second-order valence-corrected chi connectivity index (χ2v) is 6.01. The van der Waals surface area contributed by atoms with Gasteiger partial charge in [0, 0.05) is 15.7 Å². The average molecular weight is 350 g/mol. The third-order valence-electron chi connectivity index (χ3n) is 2.11. The molecule has 0 amide bonds. The quantitative estimate of drug-likeness (QED) is 0.633. The lowest BCUT2D eigenvalue weighted by Gasteiger charge is -2.06. The van der Waals surface area contributed by atoms with Gasteiger partial charge in [-0.05, 0) is 46.4 Å². The molecule has 88 valence electrons. The fourth-order valence-corrected chi connectivity index (χ4v) is 2.46. The smallest absolute Gasteiger partial charge is 0.172 e. The molecule has 0 saturated carbocycles. The van der Waals surface area contributed by atoms with Crippen LogP contribution in [0.3, 0.4) is 0 Å². The molecule has 0 aliphatic rings. The van der Waals surface area contributed by atoms with E-state index in [4.69, 9.17) is 5.11 Å². The first-order valence-corrected chi connectivity index (χ1v) is 7.34. The highest BCUT2D eigenvalue weighted by Gasteiger charge is 2.07. The highest BCUT2D eigenvalue weighted by atomic mass is 127. The summed E-state index contributed by atoms with van der Waals surface area (Å²) in [6.07, 6.45) is 0. The molecule has 1 atom stereocenters. The predicted octanol–water partition coefficient (Wildman–Crippen LogP) is 2.84. The Morgan fingerprint density at radius 3 is 2.62 bits per heavy atom. The van der Waals surface area contributed by atoms with Gasteiger partial charge in [-0.1, -0.05) is 19.1 Å². The lowest BCUT2D eigenvalue weighted by molar-refractivity contribution is 0.102. The second kappa shape index (κ2) is 7.29. The first-order chi connectivity index (χ1) is 7.63. The molecule has 1 aromatic carbocycles. The molecule has 0 spiro atoms. The van der Waals surface area contributed by atoms with Crippen molar-refractivity contribution in [1.29, 1.82) is 0 Å². The zero-order valence-electron chi connectivity index (χ0n) is 9.15. The Hall–Kier alpha value is -0.0700. The molecular weight excluding hydrogens is 335 g/mol. The zero-order valence-corrected chi connectivity index (χ0v) is 12.1. The van der Waals surface area contributed by atoms with Gasteiger partial charge in [0.05, 0.1) is 5.75 Å². The van der Waals surface area contributed by atoms with Gasteiger partial charge < -0.3 is 5.11 Å². The lowest BCUT2D eigenvalue weighted by atomic mass is 10.2. The standard InChI is InChI=1S/C12H15IO2S/c1-9(6-14)7-16-8-12(15)10-2-4-11(13)5-3-10/h2-5,9,14H,6-8H2,1H3. The number of halogens is 1. The maximum Gasteiger partial charge on any atom is 0.172 e. The molecule has 0 radical (unpaired) electrons. The molecule has 0 aliphatic carbocycles. The summed E-state index contributed by atoms with van der Waals surface area (Å²) in [5, 5.41) is 8.85. The molecule has 0 fully saturated rings. The van der Waals surface area contributed by atoms with Gasteiger partial charge in [0.2, 0.25) is 0 Å². The van der Waals surface area contributed by atoms with E-state index in [0.717, 1.165) is 14.9 Å². The van der Waals surface area contributed by atoms with E-state index >= 15 is 0 Å². The molecule has 1 aromatic rings. The molecule has 1 N–H and O–H groups in total. The number of hydrogen-bond donors (Lipinski definition) is 1. The third kappa shape index (κ3) is 4.84. The number of aliphatic hydroxyl groups is 1. The van der Waals surface area contributed by atoms with Crippen molar-refractivity contribution in [3.05, 3.63) is 33.4 Å². The monoisotopic (exact) mass is 350 g/mol. The van der Waals surface area contributed by atoms with Gasteiger partial charge in [-0.3, -0.25) is 4.79 Å². The number of rotatable bonds is 6. The van der Waals surface area contributed by atoms with E-state index in [2.05, 4.69) is 22.6 Å². The van der Waals surface area contributed by atoms with Crippen molar-refractivity contribution in [1.82, 2.24) is 0 Å². The van der Waals surface area contributed by atoms with Crippen LogP contribution in [0.1, 0.15) is 17.3 Å². The van der Waals surface area contributed by atoms with E-state index < -0.39 is 0 Å². The largest absolute Gasteiger partial charge is 0.396 e. The Morgan fingerprint density at radius 1 is 1.44 bits per heavy atom. The van der Waals surface area contributed by atoms with Crippen molar-refractivity contribution >= 4 is 40.1 Å². The average Bonchev–Trinajstić information content (AvgIpc) is 2.29. The molecule has 0 aliphatic heterocycles. The molecule has 0 heterocycles. The van der Waals surface area contributed by atoms with Crippen LogP contribution in [-0.4, -0.2) is 29.0 Å². The molecule has 1 rings (SSSR count). The molecular formula is C12H15IO2S. The minimum Gasteiger partial charge on any atom is -0.396 e. The Morgan fingerprint density at radius 2 is 2.06 bits per heavy atom. The summed E-state index contributed by atoms with van der Waals surface area (Å²) in [6, 6.07) is 7.60. The highest BCUT2D eigenvalue weighted by molar-refractivity contribution is 14.1. The fraction of sp³-hybridized carbons (Fsp3) is 0.417. The maximum atomic E-state index is 11.7. The number of ketones is 1. The fourth-order valence-electron chi connectivity index (χ4n) is 1.12. The third-order valence-corrected chi connectivity index (χ3v) is 4.10. The van der Waals surface area contributed by atoms with Crippen LogP contribution in [0.2, 0.25) is 0 Å². The van der Waals surface area contributed by atoms with E-state index in [1.807, 2.05) is 31.2 Å². The van der Waals surface area contributed by atoms with Crippen LogP contribution in [0.5, 0.6) is 0 Å². The first kappa shape index (κ1) is 14.0. The van der Waals surface area contributed by atoms with E-state index in [-0.39, 0.29) is 18.3 Å². The Balaban J connectivity index is 2.38. The summed E-state index contributed by atoms with van der Waals surface area (Å²) in [4.78, 5) is 11.7. The topological polar surface area (TPSA) is 37.3 Å². The number of hydrogen-bond acceptors (Lipinski definition) is 3. The minimum absolute atomic E-state index is 0.159. The number of carbonyl (C=O) groups excluding carboxylic acids is 1. The Bertz CT molecular complexity index is 337. The molecule has 0 saturated heterocycles. The lowest BCUT2D eigenvalue weighted by Crippen LogP contribution is -2.08. The van der Waals surface area contributed by atoms with Crippen molar-refractivity contribution in [2.24, 2.45) is 5.92 Å². The van der Waals surface area contributed by atoms with Crippen LogP contribution in [-0.2, 0) is 0 Å². The normalized spacial score (nSPS) is 12.4. The predicted molar refractivity (Wildman–Crippen MR) is 77.1 cm³/mol. The summed E-state index contributed by atoms with van der Waals surface area (Å²) in [5.41, 5.74) is 0.768. The van der Waals surface area contributed by atoms with Gasteiger partial charge in [0.25, 0.3) is 0 Å². The number of carbonyl (C=O) groups is 1. The highest BCUT2D eigenvalue weighted by Crippen LogP contribution is 2.12. The minimum atomic E-state index is 0.159. The van der Waals surface area contributed by atoms with Crippen LogP contribution < -0.4 is 0 Å². The second-order valence-electron chi connectivity index (χ2n) is 3.73. The van der Waals surface area contributed by atoms with Crippen molar-refractivity contribution in [3.8, 4) is 0 Å². The molecule has 4 heteroatoms. The molecule has 16 heavy (non-hydrogen) atoms. The summed E-state index contributed by atoms with van der Waals surface area (Å²) < 4.78 is 1.13. The SMILES string of the molecule is CC(CO)CSCC(=O)c1ccc(I)cc1. The van der Waals surface area contributed by atoms with Crippen molar-refractivity contribution in [3.63, 3.8) is 0 Å². The van der Waals surface area contributed by atoms with Crippen molar-refractivity contribution in [2.75, 3.05) is 18.1 Å². The summed E-state index contributed by atoms with van der Waals surface area (Å²) in [7, 11) is 0. The number of aliphatic hydroxyl groups excluding tert-OH is 1.